The maximum atomic E-state index is 8.77. The van der Waals surface area contributed by atoms with Gasteiger partial charge in [0.2, 0.25) is 0 Å². The van der Waals surface area contributed by atoms with Gasteiger partial charge in [-0.1, -0.05) is 24.3 Å². The molecule has 0 amide bonds. The van der Waals surface area contributed by atoms with Crippen LogP contribution in [-0.2, 0) is 0 Å². The third-order valence-electron chi connectivity index (χ3n) is 1.98. The molecule has 0 bridgehead atoms. The van der Waals surface area contributed by atoms with E-state index in [1.165, 1.54) is 5.56 Å². The van der Waals surface area contributed by atoms with Gasteiger partial charge in [0.15, 0.2) is 0 Å². The summed E-state index contributed by atoms with van der Waals surface area (Å²) >= 11 is 0. The smallest absolute Gasteiger partial charge is 0.0437 e. The molecule has 0 aliphatic heterocycles. The lowest BCUT2D eigenvalue weighted by Crippen LogP contribution is -2.13. The van der Waals surface area contributed by atoms with Crippen LogP contribution in [0.3, 0.4) is 0 Å². The molecule has 2 nitrogen and oxygen atoms in total. The fourth-order valence-electron chi connectivity index (χ4n) is 1.25. The van der Waals surface area contributed by atoms with Gasteiger partial charge in [0, 0.05) is 6.61 Å². The first-order valence-electron chi connectivity index (χ1n) is 4.15. The molecule has 1 atom stereocenters. The van der Waals surface area contributed by atoms with Crippen molar-refractivity contribution in [2.45, 2.75) is 12.3 Å². The van der Waals surface area contributed by atoms with E-state index in [1.807, 2.05) is 24.3 Å². The Morgan fingerprint density at radius 2 is 2.08 bits per heavy atom. The Labute approximate surface area is 73.0 Å². The van der Waals surface area contributed by atoms with Crippen LogP contribution < -0.4 is 5.73 Å². The van der Waals surface area contributed by atoms with Crippen LogP contribution in [0.4, 0.5) is 0 Å². The molecule has 0 fully saturated rings. The Morgan fingerprint density at radius 3 is 2.58 bits per heavy atom. The van der Waals surface area contributed by atoms with Crippen LogP contribution in [-0.4, -0.2) is 18.3 Å². The average molecular weight is 164 g/mol. The Morgan fingerprint density at radius 1 is 1.42 bits per heavy atom. The van der Waals surface area contributed by atoms with E-state index < -0.39 is 0 Å². The maximum Gasteiger partial charge on any atom is 0.0437 e. The molecular weight excluding hydrogens is 150 g/mol. The molecule has 0 saturated heterocycles. The minimum Gasteiger partial charge on any atom is -0.396 e. The van der Waals surface area contributed by atoms with Crippen molar-refractivity contribution in [2.24, 2.45) is 5.73 Å². The molecule has 1 aromatic rings. The van der Waals surface area contributed by atoms with Gasteiger partial charge in [-0.15, -0.1) is 0 Å². The highest BCUT2D eigenvalue weighted by Crippen LogP contribution is 2.16. The van der Waals surface area contributed by atoms with Crippen LogP contribution in [0.1, 0.15) is 17.9 Å². The van der Waals surface area contributed by atoms with E-state index in [2.05, 4.69) is 6.07 Å². The zero-order valence-corrected chi connectivity index (χ0v) is 7.03. The molecule has 0 aromatic heterocycles. The third-order valence-corrected chi connectivity index (χ3v) is 1.98. The highest BCUT2D eigenvalue weighted by Gasteiger charge is 2.07. The van der Waals surface area contributed by atoms with Crippen molar-refractivity contribution in [3.05, 3.63) is 35.9 Å². The summed E-state index contributed by atoms with van der Waals surface area (Å²) in [7, 11) is 0. The van der Waals surface area contributed by atoms with E-state index >= 15 is 0 Å². The summed E-state index contributed by atoms with van der Waals surface area (Å²) in [6.07, 6.45) is 0.737. The van der Waals surface area contributed by atoms with Gasteiger partial charge in [-0.2, -0.15) is 0 Å². The fraction of sp³-hybridized carbons (Fsp3) is 0.400. The second-order valence-corrected chi connectivity index (χ2v) is 2.78. The molecule has 1 radical (unpaired) electrons. The maximum absolute atomic E-state index is 8.77. The number of aliphatic hydroxyl groups is 1. The molecule has 0 saturated carbocycles. The fourth-order valence-corrected chi connectivity index (χ4v) is 1.25. The van der Waals surface area contributed by atoms with E-state index in [-0.39, 0.29) is 12.5 Å². The molecule has 0 spiro atoms. The normalized spacial score (nSPS) is 12.8. The lowest BCUT2D eigenvalue weighted by atomic mass is 9.96. The topological polar surface area (TPSA) is 46.2 Å². The molecule has 1 unspecified atom stereocenters. The highest BCUT2D eigenvalue weighted by atomic mass is 16.3. The number of aliphatic hydroxyl groups excluding tert-OH is 1. The quantitative estimate of drug-likeness (QED) is 0.695. The van der Waals surface area contributed by atoms with Crippen molar-refractivity contribution in [2.75, 3.05) is 13.2 Å². The SMILES string of the molecule is NCC(CCO)c1cc[c]cc1. The van der Waals surface area contributed by atoms with Gasteiger partial charge in [-0.05, 0) is 30.5 Å². The van der Waals surface area contributed by atoms with E-state index in [0.29, 0.717) is 6.54 Å². The summed E-state index contributed by atoms with van der Waals surface area (Å²) in [5.41, 5.74) is 6.76. The summed E-state index contributed by atoms with van der Waals surface area (Å²) in [5, 5.41) is 8.77. The summed E-state index contributed by atoms with van der Waals surface area (Å²) in [5.74, 6) is 0.282. The van der Waals surface area contributed by atoms with E-state index in [0.717, 1.165) is 6.42 Å². The third kappa shape index (κ3) is 2.32. The van der Waals surface area contributed by atoms with E-state index in [1.54, 1.807) is 0 Å². The summed E-state index contributed by atoms with van der Waals surface area (Å²) < 4.78 is 0. The molecule has 0 aliphatic carbocycles. The predicted octanol–water partition coefficient (Wildman–Crippen LogP) is 0.911. The minimum absolute atomic E-state index is 0.195. The average Bonchev–Trinajstić information content (AvgIpc) is 2.15. The zero-order valence-electron chi connectivity index (χ0n) is 7.03. The monoisotopic (exact) mass is 164 g/mol. The van der Waals surface area contributed by atoms with Crippen LogP contribution >= 0.6 is 0 Å². The van der Waals surface area contributed by atoms with Gasteiger partial charge in [0.25, 0.3) is 0 Å². The van der Waals surface area contributed by atoms with Gasteiger partial charge in [0.1, 0.15) is 0 Å². The number of benzene rings is 1. The number of hydrogen-bond acceptors (Lipinski definition) is 2. The van der Waals surface area contributed by atoms with Crippen molar-refractivity contribution >= 4 is 0 Å². The van der Waals surface area contributed by atoms with Gasteiger partial charge in [0.05, 0.1) is 0 Å². The first kappa shape index (κ1) is 9.23. The number of rotatable bonds is 4. The number of nitrogens with two attached hydrogens (primary N) is 1. The first-order valence-corrected chi connectivity index (χ1v) is 4.15. The Kier molecular flexibility index (Phi) is 3.77. The van der Waals surface area contributed by atoms with Crippen molar-refractivity contribution < 1.29 is 5.11 Å². The summed E-state index contributed by atoms with van der Waals surface area (Å²) in [6.45, 7) is 0.783. The second-order valence-electron chi connectivity index (χ2n) is 2.78. The van der Waals surface area contributed by atoms with Crippen molar-refractivity contribution in [3.8, 4) is 0 Å². The van der Waals surface area contributed by atoms with E-state index in [9.17, 15) is 0 Å². The van der Waals surface area contributed by atoms with Gasteiger partial charge in [-0.25, -0.2) is 0 Å². The van der Waals surface area contributed by atoms with Crippen LogP contribution in [0.25, 0.3) is 0 Å². The first-order chi connectivity index (χ1) is 5.88. The van der Waals surface area contributed by atoms with Crippen LogP contribution in [0.5, 0.6) is 0 Å². The zero-order chi connectivity index (χ0) is 8.81. The second kappa shape index (κ2) is 4.91. The lowest BCUT2D eigenvalue weighted by Gasteiger charge is -2.12. The molecule has 1 aromatic carbocycles. The molecule has 1 rings (SSSR count). The number of hydrogen-bond donors (Lipinski definition) is 2. The standard InChI is InChI=1S/C10H14NO/c11-8-10(6-7-12)9-4-2-1-3-5-9/h2-5,10,12H,6-8,11H2. The molecule has 0 heterocycles. The van der Waals surface area contributed by atoms with Crippen LogP contribution in [0.15, 0.2) is 24.3 Å². The molecule has 3 N–H and O–H groups in total. The summed E-state index contributed by atoms with van der Waals surface area (Å²) in [4.78, 5) is 0. The molecular formula is C10H14NO. The van der Waals surface area contributed by atoms with Crippen LogP contribution in [0, 0.1) is 6.07 Å². The molecule has 12 heavy (non-hydrogen) atoms. The van der Waals surface area contributed by atoms with Crippen molar-refractivity contribution in [1.29, 1.82) is 0 Å². The minimum atomic E-state index is 0.195. The Hall–Kier alpha value is -0.860. The van der Waals surface area contributed by atoms with Crippen molar-refractivity contribution in [1.82, 2.24) is 0 Å². The molecule has 65 valence electrons. The van der Waals surface area contributed by atoms with E-state index in [4.69, 9.17) is 10.8 Å². The lowest BCUT2D eigenvalue weighted by molar-refractivity contribution is 0.276. The van der Waals surface area contributed by atoms with Crippen molar-refractivity contribution in [3.63, 3.8) is 0 Å². The van der Waals surface area contributed by atoms with Crippen LogP contribution in [0.2, 0.25) is 0 Å². The van der Waals surface area contributed by atoms with Gasteiger partial charge >= 0.3 is 0 Å². The Bertz CT molecular complexity index is 210. The Balaban J connectivity index is 2.66. The molecule has 0 aliphatic rings. The van der Waals surface area contributed by atoms with Gasteiger partial charge < -0.3 is 10.8 Å². The molecule has 2 heteroatoms. The predicted molar refractivity (Wildman–Crippen MR) is 48.8 cm³/mol. The highest BCUT2D eigenvalue weighted by molar-refractivity contribution is 5.18. The summed E-state index contributed by atoms with van der Waals surface area (Å²) in [6, 6.07) is 10.7. The largest absolute Gasteiger partial charge is 0.396 e. The van der Waals surface area contributed by atoms with Gasteiger partial charge in [-0.3, -0.25) is 0 Å².